The van der Waals surface area contributed by atoms with Gasteiger partial charge in [-0.15, -0.1) is 26.3 Å². The number of methoxy groups -OCH3 is 1. The van der Waals surface area contributed by atoms with Crippen LogP contribution in [0.4, 0.5) is 36.8 Å². The van der Waals surface area contributed by atoms with Crippen LogP contribution in [0.5, 0.6) is 5.75 Å². The number of amides is 2. The molecule has 1 heterocycles. The fourth-order valence-corrected chi connectivity index (χ4v) is 3.44. The van der Waals surface area contributed by atoms with Crippen LogP contribution in [0.2, 0.25) is 0 Å². The molecule has 2 aliphatic rings. The van der Waals surface area contributed by atoms with Crippen molar-refractivity contribution >= 4 is 23.4 Å². The van der Waals surface area contributed by atoms with Gasteiger partial charge in [0.25, 0.3) is 0 Å². The number of hydrogen-bond donors (Lipinski definition) is 0. The zero-order valence-corrected chi connectivity index (χ0v) is 15.4. The van der Waals surface area contributed by atoms with Crippen molar-refractivity contribution in [3.63, 3.8) is 0 Å². The average Bonchev–Trinajstić information content (AvgIpc) is 2.82. The first kappa shape index (κ1) is 20.9. The normalized spacial score (nSPS) is 20.6. The Balaban J connectivity index is 2.29. The Labute approximate surface area is 161 Å². The molecule has 29 heavy (non-hydrogen) atoms. The molecule has 0 radical (unpaired) electrons. The number of alkyl halides is 6. The molecule has 0 bridgehead atoms. The molecule has 1 fully saturated rings. The van der Waals surface area contributed by atoms with E-state index in [2.05, 4.69) is 9.98 Å². The fourth-order valence-electron chi connectivity index (χ4n) is 3.44. The largest absolute Gasteiger partial charge is 0.505 e. The summed E-state index contributed by atoms with van der Waals surface area (Å²) < 4.78 is 83.0. The molecular formula is C17H16F6N4O2. The molecule has 1 aliphatic carbocycles. The lowest BCUT2D eigenvalue weighted by Crippen LogP contribution is -2.34. The van der Waals surface area contributed by atoms with E-state index in [1.807, 2.05) is 0 Å². The van der Waals surface area contributed by atoms with Crippen LogP contribution in [0.15, 0.2) is 22.1 Å². The van der Waals surface area contributed by atoms with Gasteiger partial charge in [0.15, 0.2) is 11.7 Å². The summed E-state index contributed by atoms with van der Waals surface area (Å²) in [6.45, 7) is 0. The molecule has 0 spiro atoms. The van der Waals surface area contributed by atoms with Crippen LogP contribution >= 0.6 is 0 Å². The number of aliphatic imine (C=N–C) groups is 2. The highest BCUT2D eigenvalue weighted by atomic mass is 19.4. The van der Waals surface area contributed by atoms with Gasteiger partial charge in [0.1, 0.15) is 5.75 Å². The zero-order valence-electron chi connectivity index (χ0n) is 15.4. The molecule has 1 saturated heterocycles. The molecule has 0 saturated carbocycles. The number of hydrogen-bond acceptors (Lipinski definition) is 4. The maximum absolute atomic E-state index is 13.1. The molecule has 0 aromatic heterocycles. The molecule has 158 valence electrons. The van der Waals surface area contributed by atoms with Crippen molar-refractivity contribution in [3.8, 4) is 5.75 Å². The standard InChI is InChI=1S/C17H16F6N4O2/c1-26-13(24-16(18,19)20)14(25-17(21,22)23)27(15(26)28)12-10-6-4-3-5-9(10)7-8-11(12)29-2/h7-8H,3-6H2,1-2H3. The Morgan fingerprint density at radius 3 is 2.14 bits per heavy atom. The summed E-state index contributed by atoms with van der Waals surface area (Å²) in [4.78, 5) is 18.4. The predicted octanol–water partition coefficient (Wildman–Crippen LogP) is 4.28. The van der Waals surface area contributed by atoms with Crippen molar-refractivity contribution in [1.29, 1.82) is 0 Å². The number of fused-ring (bicyclic) bond motifs is 1. The molecule has 12 heteroatoms. The Kier molecular flexibility index (Phi) is 5.22. The highest BCUT2D eigenvalue weighted by Gasteiger charge is 2.47. The van der Waals surface area contributed by atoms with Gasteiger partial charge in [-0.25, -0.2) is 9.69 Å². The lowest BCUT2D eigenvalue weighted by molar-refractivity contribution is -0.121. The highest BCUT2D eigenvalue weighted by Crippen LogP contribution is 2.41. The molecule has 0 atom stereocenters. The van der Waals surface area contributed by atoms with Gasteiger partial charge in [-0.3, -0.25) is 4.90 Å². The minimum absolute atomic E-state index is 0.0445. The summed E-state index contributed by atoms with van der Waals surface area (Å²) in [6.07, 6.45) is -7.82. The first-order valence-electron chi connectivity index (χ1n) is 8.53. The van der Waals surface area contributed by atoms with Gasteiger partial charge >= 0.3 is 18.6 Å². The lowest BCUT2D eigenvalue weighted by atomic mass is 9.89. The van der Waals surface area contributed by atoms with E-state index < -0.39 is 30.3 Å². The van der Waals surface area contributed by atoms with Crippen LogP contribution in [0, 0.1) is 0 Å². The van der Waals surface area contributed by atoms with Crippen molar-refractivity contribution in [3.05, 3.63) is 23.3 Å². The van der Waals surface area contributed by atoms with E-state index >= 15 is 0 Å². The van der Waals surface area contributed by atoms with Crippen LogP contribution in [-0.2, 0) is 12.8 Å². The summed E-state index contributed by atoms with van der Waals surface area (Å²) in [5, 5.41) is 0. The predicted molar refractivity (Wildman–Crippen MR) is 92.3 cm³/mol. The van der Waals surface area contributed by atoms with Crippen LogP contribution in [0.1, 0.15) is 24.0 Å². The number of carbonyl (C=O) groups is 1. The topological polar surface area (TPSA) is 57.5 Å². The number of amidine groups is 2. The first-order valence-corrected chi connectivity index (χ1v) is 8.53. The van der Waals surface area contributed by atoms with E-state index in [4.69, 9.17) is 4.74 Å². The molecular weight excluding hydrogens is 406 g/mol. The second kappa shape index (κ2) is 7.23. The number of anilines is 1. The summed E-state index contributed by atoms with van der Waals surface area (Å²) in [5.74, 6) is -2.44. The van der Waals surface area contributed by atoms with Gasteiger partial charge in [0, 0.05) is 7.05 Å². The van der Waals surface area contributed by atoms with E-state index in [0.717, 1.165) is 19.0 Å². The quantitative estimate of drug-likeness (QED) is 0.528. The molecule has 1 aliphatic heterocycles. The van der Waals surface area contributed by atoms with E-state index in [-0.39, 0.29) is 11.4 Å². The van der Waals surface area contributed by atoms with Crippen LogP contribution < -0.4 is 9.64 Å². The molecule has 2 amide bonds. The average molecular weight is 422 g/mol. The number of benzene rings is 1. The Hall–Kier alpha value is -2.79. The van der Waals surface area contributed by atoms with Gasteiger partial charge < -0.3 is 4.74 Å². The minimum Gasteiger partial charge on any atom is -0.495 e. The van der Waals surface area contributed by atoms with Crippen molar-refractivity contribution in [1.82, 2.24) is 4.90 Å². The second-order valence-corrected chi connectivity index (χ2v) is 6.44. The van der Waals surface area contributed by atoms with Crippen LogP contribution in [0.25, 0.3) is 0 Å². The number of likely N-dealkylation sites (N-methyl/N-ethyl adjacent to an activating group) is 1. The van der Waals surface area contributed by atoms with E-state index in [0.29, 0.717) is 34.6 Å². The monoisotopic (exact) mass is 422 g/mol. The molecule has 0 unspecified atom stereocenters. The van der Waals surface area contributed by atoms with Crippen LogP contribution in [0.3, 0.4) is 0 Å². The number of nitrogens with zero attached hydrogens (tertiary/aromatic N) is 4. The third-order valence-corrected chi connectivity index (χ3v) is 4.58. The molecule has 1 aromatic carbocycles. The fraction of sp³-hybridized carbons (Fsp3) is 0.471. The summed E-state index contributed by atoms with van der Waals surface area (Å²) in [6, 6.07) is 2.05. The summed E-state index contributed by atoms with van der Waals surface area (Å²) >= 11 is 0. The number of carbonyl (C=O) groups excluding carboxylic acids is 1. The third kappa shape index (κ3) is 4.15. The molecule has 6 nitrogen and oxygen atoms in total. The van der Waals surface area contributed by atoms with Gasteiger partial charge in [-0.1, -0.05) is 6.07 Å². The van der Waals surface area contributed by atoms with Crippen molar-refractivity contribution in [2.24, 2.45) is 9.98 Å². The van der Waals surface area contributed by atoms with Gasteiger partial charge in [0.2, 0.25) is 0 Å². The van der Waals surface area contributed by atoms with E-state index in [1.54, 1.807) is 6.07 Å². The zero-order chi connectivity index (χ0) is 21.6. The Morgan fingerprint density at radius 1 is 0.966 bits per heavy atom. The number of aryl methyl sites for hydroxylation is 1. The van der Waals surface area contributed by atoms with Crippen LogP contribution in [-0.4, -0.2) is 49.4 Å². The number of halogens is 6. The minimum atomic E-state index is -5.23. The van der Waals surface area contributed by atoms with Gasteiger partial charge in [-0.2, -0.15) is 9.98 Å². The molecule has 3 rings (SSSR count). The summed E-state index contributed by atoms with van der Waals surface area (Å²) in [7, 11) is 2.16. The number of rotatable bonds is 2. The van der Waals surface area contributed by atoms with Crippen molar-refractivity contribution < 1.29 is 35.9 Å². The molecule has 1 aromatic rings. The van der Waals surface area contributed by atoms with Gasteiger partial charge in [-0.05, 0) is 42.9 Å². The third-order valence-electron chi connectivity index (χ3n) is 4.58. The highest BCUT2D eigenvalue weighted by molar-refractivity contribution is 6.56. The number of ether oxygens (including phenoxy) is 1. The van der Waals surface area contributed by atoms with Crippen molar-refractivity contribution in [2.45, 2.75) is 38.3 Å². The smallest absolute Gasteiger partial charge is 0.495 e. The van der Waals surface area contributed by atoms with Crippen molar-refractivity contribution in [2.75, 3.05) is 19.1 Å². The second-order valence-electron chi connectivity index (χ2n) is 6.44. The maximum atomic E-state index is 13.1. The number of urea groups is 1. The van der Waals surface area contributed by atoms with Gasteiger partial charge in [0.05, 0.1) is 12.8 Å². The Morgan fingerprint density at radius 2 is 1.55 bits per heavy atom. The SMILES string of the molecule is COc1ccc2c(c1N1C(=O)N(C)C(=NC(F)(F)F)C1=NC(F)(F)F)CCCC2. The van der Waals surface area contributed by atoms with E-state index in [1.165, 1.54) is 13.2 Å². The molecule has 0 N–H and O–H groups in total. The lowest BCUT2D eigenvalue weighted by Gasteiger charge is -2.26. The maximum Gasteiger partial charge on any atom is 0.505 e. The first-order chi connectivity index (χ1) is 13.4. The van der Waals surface area contributed by atoms with E-state index in [9.17, 15) is 31.1 Å². The Bertz CT molecular complexity index is 891. The summed E-state index contributed by atoms with van der Waals surface area (Å²) in [5.41, 5.74) is 1.28.